The quantitative estimate of drug-likeness (QED) is 0.0600. The van der Waals surface area contributed by atoms with Crippen LogP contribution in [0.25, 0.3) is 0 Å². The molecule has 0 aliphatic rings. The molecule has 0 N–H and O–H groups in total. The van der Waals surface area contributed by atoms with Crippen LogP contribution >= 0.6 is 0 Å². The van der Waals surface area contributed by atoms with Gasteiger partial charge in [0.1, 0.15) is 35.6 Å². The van der Waals surface area contributed by atoms with E-state index in [9.17, 15) is 22.4 Å². The average molecular weight is 583 g/mol. The highest BCUT2D eigenvalue weighted by Gasteiger charge is 2.25. The van der Waals surface area contributed by atoms with Gasteiger partial charge in [-0.3, -0.25) is 0 Å². The fourth-order valence-electron chi connectivity index (χ4n) is 4.44. The van der Waals surface area contributed by atoms with E-state index in [0.29, 0.717) is 42.3 Å². The Morgan fingerprint density at radius 3 is 1.98 bits per heavy atom. The first-order valence-corrected chi connectivity index (χ1v) is 15.2. The van der Waals surface area contributed by atoms with Crippen LogP contribution in [0.5, 0.6) is 17.2 Å². The second-order valence-electron chi connectivity index (χ2n) is 10.5. The van der Waals surface area contributed by atoms with E-state index in [0.717, 1.165) is 70.6 Å². The van der Waals surface area contributed by atoms with Crippen molar-refractivity contribution in [2.24, 2.45) is 0 Å². The van der Waals surface area contributed by atoms with E-state index in [1.165, 1.54) is 0 Å². The molecule has 1 atom stereocenters. The van der Waals surface area contributed by atoms with Crippen molar-refractivity contribution in [2.45, 2.75) is 116 Å². The highest BCUT2D eigenvalue weighted by molar-refractivity contribution is 5.94. The molecule has 41 heavy (non-hydrogen) atoms. The normalized spacial score (nSPS) is 12.2. The zero-order valence-corrected chi connectivity index (χ0v) is 24.4. The van der Waals surface area contributed by atoms with Crippen molar-refractivity contribution in [1.82, 2.24) is 0 Å². The Balaban J connectivity index is 1.63. The number of halogens is 4. The van der Waals surface area contributed by atoms with Crippen LogP contribution in [0.2, 0.25) is 0 Å². The summed E-state index contributed by atoms with van der Waals surface area (Å²) in [4.78, 5) is 12.8. The van der Waals surface area contributed by atoms with Gasteiger partial charge in [-0.15, -0.1) is 0 Å². The number of rotatable bonds is 22. The predicted molar refractivity (Wildman–Crippen MR) is 155 cm³/mol. The van der Waals surface area contributed by atoms with E-state index in [-0.39, 0.29) is 13.0 Å². The van der Waals surface area contributed by atoms with Gasteiger partial charge in [-0.1, -0.05) is 89.7 Å². The Kier molecular flexibility index (Phi) is 16.9. The first-order valence-electron chi connectivity index (χ1n) is 15.2. The van der Waals surface area contributed by atoms with Crippen LogP contribution in [0, 0.1) is 0 Å². The summed E-state index contributed by atoms with van der Waals surface area (Å²) in [5.41, 5.74) is 0.335. The van der Waals surface area contributed by atoms with Crippen LogP contribution in [0.1, 0.15) is 114 Å². The third kappa shape index (κ3) is 16.3. The predicted octanol–water partition coefficient (Wildman–Crippen LogP) is 10.4. The van der Waals surface area contributed by atoms with Gasteiger partial charge in [0.15, 0.2) is 0 Å². The summed E-state index contributed by atoms with van der Waals surface area (Å²) in [5, 5.41) is 0. The molecular formula is C33H46F4O4. The van der Waals surface area contributed by atoms with Crippen molar-refractivity contribution in [3.05, 3.63) is 54.1 Å². The van der Waals surface area contributed by atoms with Crippen molar-refractivity contribution in [1.29, 1.82) is 0 Å². The number of carbonyl (C=O) groups excluding carboxylic acids is 1. The second kappa shape index (κ2) is 20.2. The summed E-state index contributed by atoms with van der Waals surface area (Å²) in [5.74, 6) is 0.809. The molecule has 0 saturated heterocycles. The molecule has 0 amide bonds. The lowest BCUT2D eigenvalue weighted by Gasteiger charge is -2.12. The van der Waals surface area contributed by atoms with E-state index < -0.39 is 24.7 Å². The molecule has 8 heteroatoms. The van der Waals surface area contributed by atoms with Gasteiger partial charge in [-0.25, -0.2) is 9.18 Å². The maximum Gasteiger partial charge on any atom is 0.389 e. The molecule has 2 aromatic rings. The third-order valence-electron chi connectivity index (χ3n) is 6.81. The zero-order valence-electron chi connectivity index (χ0n) is 24.4. The molecule has 2 rings (SSSR count). The summed E-state index contributed by atoms with van der Waals surface area (Å²) in [6.07, 6.45) is 6.54. The third-order valence-corrected chi connectivity index (χ3v) is 6.81. The SMILES string of the molecule is CCCCCCC(F)COc1ccc(OC(=O)c2ccccc2OCCCCCCCCCCCC(F)(F)F)cc1. The number of ether oxygens (including phenoxy) is 3. The summed E-state index contributed by atoms with van der Waals surface area (Å²) >= 11 is 0. The minimum absolute atomic E-state index is 0.00429. The van der Waals surface area contributed by atoms with Gasteiger partial charge in [0.2, 0.25) is 0 Å². The molecule has 230 valence electrons. The Morgan fingerprint density at radius 1 is 0.732 bits per heavy atom. The number of alkyl halides is 4. The van der Waals surface area contributed by atoms with Crippen LogP contribution in [0.4, 0.5) is 17.6 Å². The molecule has 0 aliphatic heterocycles. The molecule has 0 bridgehead atoms. The summed E-state index contributed by atoms with van der Waals surface area (Å²) in [6.45, 7) is 2.60. The lowest BCUT2D eigenvalue weighted by atomic mass is 10.1. The fourth-order valence-corrected chi connectivity index (χ4v) is 4.44. The minimum atomic E-state index is -4.04. The molecule has 2 aromatic carbocycles. The van der Waals surface area contributed by atoms with E-state index in [1.807, 2.05) is 0 Å². The largest absolute Gasteiger partial charge is 0.493 e. The molecule has 4 nitrogen and oxygen atoms in total. The fraction of sp³-hybridized carbons (Fsp3) is 0.606. The van der Waals surface area contributed by atoms with Gasteiger partial charge in [0.05, 0.1) is 6.61 Å². The van der Waals surface area contributed by atoms with Crippen LogP contribution in [0.3, 0.4) is 0 Å². The van der Waals surface area contributed by atoms with Gasteiger partial charge in [-0.2, -0.15) is 13.2 Å². The topological polar surface area (TPSA) is 44.8 Å². The van der Waals surface area contributed by atoms with Crippen LogP contribution in [-0.4, -0.2) is 31.5 Å². The molecule has 0 saturated carbocycles. The van der Waals surface area contributed by atoms with E-state index in [4.69, 9.17) is 14.2 Å². The molecule has 0 fully saturated rings. The zero-order chi connectivity index (χ0) is 29.8. The lowest BCUT2D eigenvalue weighted by Crippen LogP contribution is -2.13. The van der Waals surface area contributed by atoms with E-state index >= 15 is 0 Å². The van der Waals surface area contributed by atoms with Gasteiger partial charge in [0, 0.05) is 6.42 Å². The number of carbonyl (C=O) groups is 1. The standard InChI is InChI=1S/C33H46F4O4/c1-2-3-4-12-17-27(34)26-40-28-20-22-29(23-21-28)41-32(38)30-18-13-14-19-31(30)39-25-16-11-9-7-5-6-8-10-15-24-33(35,36)37/h13-14,18-23,27H,2-12,15-17,24-26H2,1H3. The van der Waals surface area contributed by atoms with Crippen molar-refractivity contribution in [3.63, 3.8) is 0 Å². The number of para-hydroxylation sites is 1. The maximum atomic E-state index is 14.0. The number of benzene rings is 2. The van der Waals surface area contributed by atoms with E-state index in [1.54, 1.807) is 48.5 Å². The van der Waals surface area contributed by atoms with Gasteiger partial charge >= 0.3 is 12.1 Å². The Labute approximate surface area is 242 Å². The lowest BCUT2D eigenvalue weighted by molar-refractivity contribution is -0.135. The molecule has 1 unspecified atom stereocenters. The second-order valence-corrected chi connectivity index (χ2v) is 10.5. The summed E-state index contributed by atoms with van der Waals surface area (Å²) < 4.78 is 67.3. The van der Waals surface area contributed by atoms with Gasteiger partial charge < -0.3 is 14.2 Å². The number of hydrogen-bond acceptors (Lipinski definition) is 4. The molecule has 0 spiro atoms. The summed E-state index contributed by atoms with van der Waals surface area (Å²) in [6, 6.07) is 13.5. The highest BCUT2D eigenvalue weighted by Crippen LogP contribution is 2.25. The van der Waals surface area contributed by atoms with Gasteiger partial charge in [0.25, 0.3) is 0 Å². The van der Waals surface area contributed by atoms with Crippen molar-refractivity contribution >= 4 is 5.97 Å². The Bertz CT molecular complexity index is 962. The van der Waals surface area contributed by atoms with Gasteiger partial charge in [-0.05, 0) is 55.7 Å². The van der Waals surface area contributed by atoms with Crippen LogP contribution in [-0.2, 0) is 0 Å². The Hall–Kier alpha value is -2.77. The van der Waals surface area contributed by atoms with Crippen molar-refractivity contribution in [2.75, 3.05) is 13.2 Å². The first kappa shape index (κ1) is 34.4. The molecular weight excluding hydrogens is 536 g/mol. The first-order chi connectivity index (χ1) is 19.8. The van der Waals surface area contributed by atoms with Crippen molar-refractivity contribution < 1.29 is 36.6 Å². The molecule has 0 radical (unpaired) electrons. The molecule has 0 heterocycles. The average Bonchev–Trinajstić information content (AvgIpc) is 2.95. The number of unbranched alkanes of at least 4 members (excludes halogenated alkanes) is 11. The van der Waals surface area contributed by atoms with Crippen LogP contribution in [0.15, 0.2) is 48.5 Å². The maximum absolute atomic E-state index is 14.0. The monoisotopic (exact) mass is 582 g/mol. The van der Waals surface area contributed by atoms with Crippen molar-refractivity contribution in [3.8, 4) is 17.2 Å². The number of hydrogen-bond donors (Lipinski definition) is 0. The van der Waals surface area contributed by atoms with E-state index in [2.05, 4.69) is 6.92 Å². The van der Waals surface area contributed by atoms with Crippen LogP contribution < -0.4 is 14.2 Å². The number of esters is 1. The molecule has 0 aromatic heterocycles. The molecule has 0 aliphatic carbocycles. The minimum Gasteiger partial charge on any atom is -0.493 e. The summed E-state index contributed by atoms with van der Waals surface area (Å²) in [7, 11) is 0. The highest BCUT2D eigenvalue weighted by atomic mass is 19.4. The Morgan fingerprint density at radius 2 is 1.32 bits per heavy atom. The smallest absolute Gasteiger partial charge is 0.389 e.